The second-order valence-corrected chi connectivity index (χ2v) is 7.02. The number of rotatable bonds is 9. The van der Waals surface area contributed by atoms with Gasteiger partial charge in [-0.15, -0.1) is 0 Å². The average Bonchev–Trinajstić information content (AvgIpc) is 2.92. The molecule has 3 N–H and O–H groups in total. The summed E-state index contributed by atoms with van der Waals surface area (Å²) in [6.45, 7) is 16.8. The Labute approximate surface area is 213 Å². The summed E-state index contributed by atoms with van der Waals surface area (Å²) in [7, 11) is 3.26. The lowest BCUT2D eigenvalue weighted by Crippen LogP contribution is -2.09. The highest BCUT2D eigenvalue weighted by molar-refractivity contribution is 5.67. The third-order valence-corrected chi connectivity index (χ3v) is 4.48. The first-order valence-electron chi connectivity index (χ1n) is 12.4. The number of hydrogen-bond acceptors (Lipinski definition) is 6. The maximum Gasteiger partial charge on any atom is 0.161 e. The number of ether oxygens (including phenoxy) is 3. The van der Waals surface area contributed by atoms with Crippen LogP contribution in [0.2, 0.25) is 0 Å². The summed E-state index contributed by atoms with van der Waals surface area (Å²) in [6.07, 6.45) is 9.28. The summed E-state index contributed by atoms with van der Waals surface area (Å²) in [6, 6.07) is 7.99. The van der Waals surface area contributed by atoms with Crippen molar-refractivity contribution in [2.24, 2.45) is 5.73 Å². The molecule has 0 aliphatic rings. The average molecular weight is 489 g/mol. The molecule has 2 atom stereocenters. The van der Waals surface area contributed by atoms with E-state index in [0.717, 1.165) is 22.4 Å². The van der Waals surface area contributed by atoms with Gasteiger partial charge in [-0.25, -0.2) is 0 Å². The van der Waals surface area contributed by atoms with Crippen LogP contribution in [0.5, 0.6) is 11.5 Å². The molecule has 2 unspecified atom stereocenters. The second kappa shape index (κ2) is 21.7. The van der Waals surface area contributed by atoms with Crippen LogP contribution in [-0.2, 0) is 4.74 Å². The molecule has 0 bridgehead atoms. The van der Waals surface area contributed by atoms with Crippen molar-refractivity contribution in [2.75, 3.05) is 27.4 Å². The van der Waals surface area contributed by atoms with Crippen LogP contribution in [0.25, 0.3) is 11.1 Å². The zero-order valence-electron chi connectivity index (χ0n) is 23.5. The monoisotopic (exact) mass is 488 g/mol. The zero-order chi connectivity index (χ0) is 27.2. The van der Waals surface area contributed by atoms with Gasteiger partial charge in [0.1, 0.15) is 0 Å². The topological polar surface area (TPSA) is 86.8 Å². The maximum absolute atomic E-state index is 8.56. The Hall–Kier alpha value is -2.83. The highest BCUT2D eigenvalue weighted by Crippen LogP contribution is 2.33. The first kappa shape index (κ1) is 34.3. The highest BCUT2D eigenvalue weighted by Gasteiger charge is 2.09. The van der Waals surface area contributed by atoms with Gasteiger partial charge in [0.05, 0.1) is 26.9 Å². The van der Waals surface area contributed by atoms with Crippen LogP contribution in [0.3, 0.4) is 0 Å². The minimum absolute atomic E-state index is 0.219. The Balaban J connectivity index is 0. The van der Waals surface area contributed by atoms with E-state index < -0.39 is 0 Å². The maximum atomic E-state index is 8.56. The van der Waals surface area contributed by atoms with Crippen LogP contribution < -0.4 is 15.2 Å². The first-order valence-corrected chi connectivity index (χ1v) is 12.4. The molecule has 1 aromatic heterocycles. The Morgan fingerprint density at radius 2 is 1.63 bits per heavy atom. The van der Waals surface area contributed by atoms with Crippen molar-refractivity contribution in [1.82, 2.24) is 4.98 Å². The molecule has 0 amide bonds. The van der Waals surface area contributed by atoms with Gasteiger partial charge in [-0.3, -0.25) is 4.98 Å². The molecule has 0 saturated heterocycles. The molecular weight excluding hydrogens is 440 g/mol. The predicted molar refractivity (Wildman–Crippen MR) is 149 cm³/mol. The lowest BCUT2D eigenvalue weighted by molar-refractivity contribution is 0.0527. The molecule has 0 aliphatic carbocycles. The number of methoxy groups -OCH3 is 2. The molecule has 0 radical (unpaired) electrons. The number of hydrogen-bond donors (Lipinski definition) is 2. The molecule has 0 aliphatic heterocycles. The van der Waals surface area contributed by atoms with Crippen LogP contribution in [0.1, 0.15) is 66.9 Å². The van der Waals surface area contributed by atoms with Gasteiger partial charge in [-0.05, 0) is 56.2 Å². The molecule has 6 heteroatoms. The third kappa shape index (κ3) is 14.2. The van der Waals surface area contributed by atoms with E-state index in [1.54, 1.807) is 21.1 Å². The van der Waals surface area contributed by atoms with E-state index in [1.807, 2.05) is 84.3 Å². The van der Waals surface area contributed by atoms with Gasteiger partial charge in [-0.2, -0.15) is 0 Å². The number of aromatic nitrogens is 1. The van der Waals surface area contributed by atoms with Crippen molar-refractivity contribution in [1.29, 1.82) is 0 Å². The normalized spacial score (nSPS) is 12.1. The summed E-state index contributed by atoms with van der Waals surface area (Å²) in [5, 5.41) is 8.56. The van der Waals surface area contributed by atoms with Gasteiger partial charge < -0.3 is 25.1 Å². The number of benzene rings is 1. The minimum atomic E-state index is -0.319. The molecule has 198 valence electrons. The van der Waals surface area contributed by atoms with Crippen molar-refractivity contribution < 1.29 is 19.3 Å². The van der Waals surface area contributed by atoms with E-state index in [4.69, 9.17) is 25.1 Å². The number of nitrogens with two attached hydrogens (primary N) is 1. The van der Waals surface area contributed by atoms with Crippen molar-refractivity contribution in [3.8, 4) is 22.6 Å². The van der Waals surface area contributed by atoms with E-state index >= 15 is 0 Å². The number of pyridine rings is 1. The number of nitrogens with zero attached hydrogens (tertiary/aromatic N) is 1. The lowest BCUT2D eigenvalue weighted by Gasteiger charge is -2.12. The van der Waals surface area contributed by atoms with E-state index in [0.29, 0.717) is 24.7 Å². The van der Waals surface area contributed by atoms with E-state index in [2.05, 4.69) is 24.1 Å². The van der Waals surface area contributed by atoms with Gasteiger partial charge in [-0.1, -0.05) is 52.8 Å². The minimum Gasteiger partial charge on any atom is -0.493 e. The summed E-state index contributed by atoms with van der Waals surface area (Å²) >= 11 is 0. The SMILES string of the molecule is C/C=C(N)\C=C/C(C)c1cncc(-c2ccc(OC)c(OC)c2)c1.CC.CC.CCOCC(C)O. The fourth-order valence-corrected chi connectivity index (χ4v) is 2.63. The molecule has 2 aromatic rings. The Morgan fingerprint density at radius 1 is 1.00 bits per heavy atom. The van der Waals surface area contributed by atoms with Gasteiger partial charge >= 0.3 is 0 Å². The Morgan fingerprint density at radius 3 is 2.11 bits per heavy atom. The molecule has 0 fully saturated rings. The van der Waals surface area contributed by atoms with Crippen molar-refractivity contribution >= 4 is 0 Å². The summed E-state index contributed by atoms with van der Waals surface area (Å²) in [5.41, 5.74) is 9.76. The largest absolute Gasteiger partial charge is 0.493 e. The standard InChI is InChI=1S/C20H24N2O2.C5H12O2.2C2H6/c1-5-18(21)8-6-14(2)16-10-17(13-22-12-16)15-7-9-19(23-3)20(11-15)24-4;1-3-7-4-5(2)6;2*1-2/h5-14H,21H2,1-4H3;5-6H,3-4H2,1-2H3;2*1-2H3/b8-6-,18-5+;;;. The molecule has 1 heterocycles. The third-order valence-electron chi connectivity index (χ3n) is 4.48. The Kier molecular flexibility index (Phi) is 21.3. The number of aliphatic hydroxyl groups excluding tert-OH is 1. The first-order chi connectivity index (χ1) is 16.9. The van der Waals surface area contributed by atoms with Gasteiger partial charge in [0, 0.05) is 36.2 Å². The van der Waals surface area contributed by atoms with E-state index in [-0.39, 0.29) is 12.0 Å². The van der Waals surface area contributed by atoms with Crippen molar-refractivity contribution in [2.45, 2.75) is 67.4 Å². The van der Waals surface area contributed by atoms with Gasteiger partial charge in [0.15, 0.2) is 11.5 Å². The van der Waals surface area contributed by atoms with E-state index in [1.165, 1.54) is 0 Å². The molecule has 0 spiro atoms. The quantitative estimate of drug-likeness (QED) is 0.380. The second-order valence-electron chi connectivity index (χ2n) is 7.02. The lowest BCUT2D eigenvalue weighted by atomic mass is 9.98. The fourth-order valence-electron chi connectivity index (χ4n) is 2.63. The van der Waals surface area contributed by atoms with Crippen molar-refractivity contribution in [3.63, 3.8) is 0 Å². The molecule has 2 rings (SSSR count). The molecule has 6 nitrogen and oxygen atoms in total. The summed E-state index contributed by atoms with van der Waals surface area (Å²) in [4.78, 5) is 4.38. The molecular formula is C29H48N2O4. The number of allylic oxidation sites excluding steroid dienone is 3. The smallest absolute Gasteiger partial charge is 0.161 e. The molecule has 0 saturated carbocycles. The summed E-state index contributed by atoms with van der Waals surface area (Å²) in [5.74, 6) is 1.63. The fraction of sp³-hybridized carbons (Fsp3) is 0.483. The van der Waals surface area contributed by atoms with Crippen LogP contribution >= 0.6 is 0 Å². The van der Waals surface area contributed by atoms with Crippen LogP contribution in [0.15, 0.2) is 60.6 Å². The van der Waals surface area contributed by atoms with Crippen LogP contribution in [0, 0.1) is 0 Å². The molecule has 1 aromatic carbocycles. The summed E-state index contributed by atoms with van der Waals surface area (Å²) < 4.78 is 15.5. The van der Waals surface area contributed by atoms with E-state index in [9.17, 15) is 0 Å². The zero-order valence-corrected chi connectivity index (χ0v) is 23.5. The number of aliphatic hydroxyl groups is 1. The van der Waals surface area contributed by atoms with Gasteiger partial charge in [0.2, 0.25) is 0 Å². The molecule has 35 heavy (non-hydrogen) atoms. The van der Waals surface area contributed by atoms with Crippen molar-refractivity contribution in [3.05, 3.63) is 66.1 Å². The predicted octanol–water partition coefficient (Wildman–Crippen LogP) is 6.74. The van der Waals surface area contributed by atoms with Crippen LogP contribution in [0.4, 0.5) is 0 Å². The van der Waals surface area contributed by atoms with Crippen LogP contribution in [-0.4, -0.2) is 43.6 Å². The highest BCUT2D eigenvalue weighted by atomic mass is 16.5. The Bertz CT molecular complexity index is 848. The van der Waals surface area contributed by atoms with Gasteiger partial charge in [0.25, 0.3) is 0 Å².